The number of aromatic nitrogens is 3. The minimum Gasteiger partial charge on any atom is -0.381 e. The zero-order valence-electron chi connectivity index (χ0n) is 15.3. The Hall–Kier alpha value is -2.50. The number of fused-ring (bicyclic) bond motifs is 1. The first-order valence-corrected chi connectivity index (χ1v) is 9.68. The first kappa shape index (κ1) is 16.7. The van der Waals surface area contributed by atoms with Crippen molar-refractivity contribution in [3.05, 3.63) is 59.7 Å². The van der Waals surface area contributed by atoms with Crippen molar-refractivity contribution in [2.75, 3.05) is 19.8 Å². The number of benzene rings is 1. The van der Waals surface area contributed by atoms with E-state index in [0.717, 1.165) is 67.6 Å². The molecule has 1 aromatic carbocycles. The third-order valence-corrected chi connectivity index (χ3v) is 5.50. The van der Waals surface area contributed by atoms with Gasteiger partial charge < -0.3 is 14.5 Å². The third kappa shape index (κ3) is 3.17. The number of pyridine rings is 1. The van der Waals surface area contributed by atoms with Crippen molar-refractivity contribution in [2.45, 2.75) is 31.8 Å². The van der Waals surface area contributed by atoms with Gasteiger partial charge in [0, 0.05) is 37.3 Å². The normalized spacial score (nSPS) is 17.6. The van der Waals surface area contributed by atoms with Crippen molar-refractivity contribution >= 4 is 0 Å². The van der Waals surface area contributed by atoms with Crippen molar-refractivity contribution in [1.82, 2.24) is 15.0 Å². The van der Waals surface area contributed by atoms with Gasteiger partial charge in [-0.15, -0.1) is 0 Å². The molecule has 0 aliphatic carbocycles. The van der Waals surface area contributed by atoms with Gasteiger partial charge in [0.2, 0.25) is 0 Å². The van der Waals surface area contributed by atoms with Gasteiger partial charge in [-0.3, -0.25) is 4.98 Å². The highest BCUT2D eigenvalue weighted by atomic mass is 16.5. The molecule has 3 aromatic rings. The largest absolute Gasteiger partial charge is 0.381 e. The van der Waals surface area contributed by atoms with Crippen LogP contribution < -0.4 is 0 Å². The van der Waals surface area contributed by atoms with E-state index in [9.17, 15) is 0 Å². The average molecular weight is 361 g/mol. The van der Waals surface area contributed by atoms with Crippen molar-refractivity contribution in [1.29, 1.82) is 0 Å². The van der Waals surface area contributed by atoms with Crippen LogP contribution in [0.25, 0.3) is 22.5 Å². The van der Waals surface area contributed by atoms with Gasteiger partial charge in [0.05, 0.1) is 30.3 Å². The molecule has 0 atom stereocenters. The lowest BCUT2D eigenvalue weighted by molar-refractivity contribution is 0.0846. The number of ether oxygens (including phenoxy) is 2. The fourth-order valence-corrected chi connectivity index (χ4v) is 4.10. The molecule has 5 rings (SSSR count). The molecule has 2 aliphatic heterocycles. The number of H-pyrrole nitrogens is 1. The highest BCUT2D eigenvalue weighted by Gasteiger charge is 2.26. The number of nitrogens with one attached hydrogen (secondary N) is 1. The monoisotopic (exact) mass is 361 g/mol. The van der Waals surface area contributed by atoms with Crippen molar-refractivity contribution < 1.29 is 9.47 Å². The summed E-state index contributed by atoms with van der Waals surface area (Å²) in [6, 6.07) is 12.6. The van der Waals surface area contributed by atoms with E-state index >= 15 is 0 Å². The summed E-state index contributed by atoms with van der Waals surface area (Å²) in [6.07, 6.45) is 4.80. The molecule has 0 amide bonds. The Morgan fingerprint density at radius 2 is 1.81 bits per heavy atom. The maximum Gasteiger partial charge on any atom is 0.140 e. The minimum atomic E-state index is 0.399. The summed E-state index contributed by atoms with van der Waals surface area (Å²) in [4.78, 5) is 13.3. The topological polar surface area (TPSA) is 60.0 Å². The van der Waals surface area contributed by atoms with E-state index in [1.165, 1.54) is 11.1 Å². The van der Waals surface area contributed by atoms with Gasteiger partial charge in [0.1, 0.15) is 5.82 Å². The third-order valence-electron chi connectivity index (χ3n) is 5.50. The van der Waals surface area contributed by atoms with Gasteiger partial charge in [0.25, 0.3) is 0 Å². The van der Waals surface area contributed by atoms with Crippen LogP contribution in [0, 0.1) is 0 Å². The predicted octanol–water partition coefficient (Wildman–Crippen LogP) is 4.11. The number of hydrogen-bond donors (Lipinski definition) is 1. The number of aromatic amines is 1. The molecule has 0 unspecified atom stereocenters. The summed E-state index contributed by atoms with van der Waals surface area (Å²) >= 11 is 0. The SMILES string of the molecule is c1ccc(-c2ccnc(C3CCOCC3)c2-c2nc3c([nH]2)COCC3)cc1. The summed E-state index contributed by atoms with van der Waals surface area (Å²) in [5.74, 6) is 1.31. The molecule has 2 aliphatic rings. The minimum absolute atomic E-state index is 0.399. The Kier molecular flexibility index (Phi) is 4.47. The molecule has 0 bridgehead atoms. The van der Waals surface area contributed by atoms with E-state index in [1.54, 1.807) is 0 Å². The molecule has 1 N–H and O–H groups in total. The molecular weight excluding hydrogens is 338 g/mol. The van der Waals surface area contributed by atoms with E-state index < -0.39 is 0 Å². The van der Waals surface area contributed by atoms with E-state index in [1.807, 2.05) is 12.3 Å². The zero-order valence-corrected chi connectivity index (χ0v) is 15.3. The van der Waals surface area contributed by atoms with Crippen LogP contribution in [0.3, 0.4) is 0 Å². The molecule has 0 spiro atoms. The van der Waals surface area contributed by atoms with Crippen molar-refractivity contribution in [3.8, 4) is 22.5 Å². The van der Waals surface area contributed by atoms with E-state index in [4.69, 9.17) is 19.4 Å². The zero-order chi connectivity index (χ0) is 18.1. The second-order valence-corrected chi connectivity index (χ2v) is 7.18. The molecule has 1 fully saturated rings. The highest BCUT2D eigenvalue weighted by molar-refractivity contribution is 5.82. The maximum atomic E-state index is 5.60. The van der Waals surface area contributed by atoms with Crippen molar-refractivity contribution in [3.63, 3.8) is 0 Å². The Labute approximate surface area is 158 Å². The second kappa shape index (κ2) is 7.25. The van der Waals surface area contributed by atoms with Crippen LogP contribution in [0.2, 0.25) is 0 Å². The summed E-state index contributed by atoms with van der Waals surface area (Å²) in [7, 11) is 0. The lowest BCUT2D eigenvalue weighted by atomic mass is 9.88. The molecule has 138 valence electrons. The molecule has 5 nitrogen and oxygen atoms in total. The summed E-state index contributed by atoms with van der Waals surface area (Å²) in [6.45, 7) is 2.94. The number of nitrogens with zero attached hydrogens (tertiary/aromatic N) is 2. The molecule has 1 saturated heterocycles. The molecule has 27 heavy (non-hydrogen) atoms. The van der Waals surface area contributed by atoms with Gasteiger partial charge in [-0.1, -0.05) is 30.3 Å². The molecular formula is C22H23N3O2. The Morgan fingerprint density at radius 3 is 2.63 bits per heavy atom. The standard InChI is InChI=1S/C22H23N3O2/c1-2-4-15(5-3-1)17-6-10-23-21(16-7-11-26-12-8-16)20(17)22-24-18-9-13-27-14-19(18)25-22/h1-6,10,16H,7-9,11-14H2,(H,24,25). The Morgan fingerprint density at radius 1 is 0.963 bits per heavy atom. The molecule has 2 aromatic heterocycles. The quantitative estimate of drug-likeness (QED) is 0.763. The van der Waals surface area contributed by atoms with Gasteiger partial charge in [-0.2, -0.15) is 0 Å². The van der Waals surface area contributed by atoms with E-state index in [2.05, 4.69) is 35.3 Å². The smallest absolute Gasteiger partial charge is 0.140 e. The van der Waals surface area contributed by atoms with Gasteiger partial charge in [0.15, 0.2) is 0 Å². The maximum absolute atomic E-state index is 5.60. The van der Waals surface area contributed by atoms with Crippen LogP contribution >= 0.6 is 0 Å². The lowest BCUT2D eigenvalue weighted by Gasteiger charge is -2.24. The molecule has 4 heterocycles. The fraction of sp³-hybridized carbons (Fsp3) is 0.364. The summed E-state index contributed by atoms with van der Waals surface area (Å²) < 4.78 is 11.2. The van der Waals surface area contributed by atoms with Crippen LogP contribution in [0.4, 0.5) is 0 Å². The van der Waals surface area contributed by atoms with Gasteiger partial charge in [-0.25, -0.2) is 4.98 Å². The number of imidazole rings is 1. The molecule has 0 saturated carbocycles. The van der Waals surface area contributed by atoms with Crippen LogP contribution in [-0.2, 0) is 22.5 Å². The fourth-order valence-electron chi connectivity index (χ4n) is 4.10. The number of hydrogen-bond acceptors (Lipinski definition) is 4. The first-order valence-electron chi connectivity index (χ1n) is 9.68. The van der Waals surface area contributed by atoms with E-state index in [0.29, 0.717) is 12.5 Å². The Balaban J connectivity index is 1.69. The van der Waals surface area contributed by atoms with Crippen LogP contribution in [-0.4, -0.2) is 34.8 Å². The van der Waals surface area contributed by atoms with Crippen LogP contribution in [0.1, 0.15) is 35.8 Å². The van der Waals surface area contributed by atoms with Gasteiger partial charge >= 0.3 is 0 Å². The van der Waals surface area contributed by atoms with Gasteiger partial charge in [-0.05, 0) is 30.0 Å². The van der Waals surface area contributed by atoms with Crippen LogP contribution in [0.15, 0.2) is 42.6 Å². The van der Waals surface area contributed by atoms with Crippen LogP contribution in [0.5, 0.6) is 0 Å². The second-order valence-electron chi connectivity index (χ2n) is 7.18. The van der Waals surface area contributed by atoms with E-state index in [-0.39, 0.29) is 0 Å². The van der Waals surface area contributed by atoms with Crippen molar-refractivity contribution in [2.24, 2.45) is 0 Å². The Bertz CT molecular complexity index is 906. The average Bonchev–Trinajstić information content (AvgIpc) is 3.18. The predicted molar refractivity (Wildman–Crippen MR) is 103 cm³/mol. The molecule has 5 heteroatoms. The summed E-state index contributed by atoms with van der Waals surface area (Å²) in [5, 5.41) is 0. The molecule has 0 radical (unpaired) electrons. The lowest BCUT2D eigenvalue weighted by Crippen LogP contribution is -2.16. The number of rotatable bonds is 3. The highest BCUT2D eigenvalue weighted by Crippen LogP contribution is 2.39. The summed E-state index contributed by atoms with van der Waals surface area (Å²) in [5.41, 5.74) is 6.85. The first-order chi connectivity index (χ1) is 13.4.